The fraction of sp³-hybridized carbons (Fsp3) is 0.500. The van der Waals surface area contributed by atoms with Gasteiger partial charge in [-0.05, 0) is 49.9 Å². The van der Waals surface area contributed by atoms with Crippen LogP contribution in [-0.2, 0) is 6.42 Å². The molecule has 0 fully saturated rings. The van der Waals surface area contributed by atoms with Crippen LogP contribution in [0.2, 0.25) is 0 Å². The van der Waals surface area contributed by atoms with Crippen molar-refractivity contribution in [1.82, 2.24) is 5.32 Å². The van der Waals surface area contributed by atoms with Crippen LogP contribution in [0.25, 0.3) is 0 Å². The molecule has 1 aromatic carbocycles. The molecule has 1 unspecified atom stereocenters. The average Bonchev–Trinajstić information content (AvgIpc) is 2.36. The number of rotatable bonds is 8. The third-order valence-electron chi connectivity index (χ3n) is 2.93. The average molecular weight is 247 g/mol. The second-order valence-electron chi connectivity index (χ2n) is 4.58. The van der Waals surface area contributed by atoms with Crippen molar-refractivity contribution in [3.05, 3.63) is 35.6 Å². The standard InChI is InChI=1S/C16H22FN/c1-3-5-6-10-16(18-11-4-2)13-14-8-7-9-15(17)12-14/h1,7-9,12,16,18H,4-6,10-11,13H2,2H3. The normalized spacial score (nSPS) is 12.1. The van der Waals surface area contributed by atoms with Crippen molar-refractivity contribution in [3.63, 3.8) is 0 Å². The first kappa shape index (κ1) is 14.7. The molecule has 0 radical (unpaired) electrons. The van der Waals surface area contributed by atoms with Crippen molar-refractivity contribution >= 4 is 0 Å². The minimum absolute atomic E-state index is 0.162. The van der Waals surface area contributed by atoms with Gasteiger partial charge in [-0.15, -0.1) is 12.3 Å². The van der Waals surface area contributed by atoms with Gasteiger partial charge < -0.3 is 5.32 Å². The van der Waals surface area contributed by atoms with E-state index in [-0.39, 0.29) is 5.82 Å². The Balaban J connectivity index is 2.51. The summed E-state index contributed by atoms with van der Waals surface area (Å²) in [5, 5.41) is 3.51. The molecular weight excluding hydrogens is 225 g/mol. The molecule has 1 aromatic rings. The lowest BCUT2D eigenvalue weighted by Gasteiger charge is -2.18. The summed E-state index contributed by atoms with van der Waals surface area (Å²) in [6.45, 7) is 3.14. The third-order valence-corrected chi connectivity index (χ3v) is 2.93. The van der Waals surface area contributed by atoms with Crippen molar-refractivity contribution in [1.29, 1.82) is 0 Å². The molecule has 1 rings (SSSR count). The van der Waals surface area contributed by atoms with Crippen LogP contribution in [0.1, 0.15) is 38.2 Å². The Morgan fingerprint density at radius 1 is 1.44 bits per heavy atom. The van der Waals surface area contributed by atoms with Gasteiger partial charge in [-0.2, -0.15) is 0 Å². The Bertz CT molecular complexity index is 381. The maximum Gasteiger partial charge on any atom is 0.123 e. The third kappa shape index (κ3) is 5.84. The largest absolute Gasteiger partial charge is 0.314 e. The van der Waals surface area contributed by atoms with Crippen LogP contribution >= 0.6 is 0 Å². The van der Waals surface area contributed by atoms with Crippen LogP contribution in [0.15, 0.2) is 24.3 Å². The number of hydrogen-bond donors (Lipinski definition) is 1. The van der Waals surface area contributed by atoms with Crippen LogP contribution in [0.3, 0.4) is 0 Å². The highest BCUT2D eigenvalue weighted by Crippen LogP contribution is 2.10. The zero-order chi connectivity index (χ0) is 13.2. The Morgan fingerprint density at radius 3 is 2.94 bits per heavy atom. The lowest BCUT2D eigenvalue weighted by molar-refractivity contribution is 0.466. The van der Waals surface area contributed by atoms with Crippen LogP contribution in [0.5, 0.6) is 0 Å². The fourth-order valence-electron chi connectivity index (χ4n) is 2.02. The second-order valence-corrected chi connectivity index (χ2v) is 4.58. The monoisotopic (exact) mass is 247 g/mol. The molecule has 0 amide bonds. The van der Waals surface area contributed by atoms with Gasteiger partial charge in [0.15, 0.2) is 0 Å². The molecule has 1 nitrogen and oxygen atoms in total. The van der Waals surface area contributed by atoms with Crippen LogP contribution in [-0.4, -0.2) is 12.6 Å². The summed E-state index contributed by atoms with van der Waals surface area (Å²) in [7, 11) is 0. The SMILES string of the molecule is C#CCCCC(Cc1cccc(F)c1)NCCC. The van der Waals surface area contributed by atoms with Crippen molar-refractivity contribution in [2.75, 3.05) is 6.54 Å². The van der Waals surface area contributed by atoms with Crippen LogP contribution in [0.4, 0.5) is 4.39 Å². The highest BCUT2D eigenvalue weighted by Gasteiger charge is 2.08. The first-order valence-electron chi connectivity index (χ1n) is 6.67. The molecular formula is C16H22FN. The Labute approximate surface area is 110 Å². The molecule has 18 heavy (non-hydrogen) atoms. The maximum atomic E-state index is 13.1. The van der Waals surface area contributed by atoms with E-state index in [2.05, 4.69) is 18.2 Å². The molecule has 0 spiro atoms. The second kappa shape index (κ2) is 8.72. The smallest absolute Gasteiger partial charge is 0.123 e. The highest BCUT2D eigenvalue weighted by molar-refractivity contribution is 5.17. The molecule has 0 saturated carbocycles. The zero-order valence-corrected chi connectivity index (χ0v) is 11.1. The first-order chi connectivity index (χ1) is 8.76. The van der Waals surface area contributed by atoms with E-state index in [0.29, 0.717) is 6.04 Å². The molecule has 2 heteroatoms. The van der Waals surface area contributed by atoms with Gasteiger partial charge in [0.1, 0.15) is 5.82 Å². The van der Waals surface area contributed by atoms with Crippen LogP contribution in [0, 0.1) is 18.2 Å². The number of hydrogen-bond acceptors (Lipinski definition) is 1. The first-order valence-corrected chi connectivity index (χ1v) is 6.67. The topological polar surface area (TPSA) is 12.0 Å². The van der Waals surface area contributed by atoms with Gasteiger partial charge in [0.05, 0.1) is 0 Å². The summed E-state index contributed by atoms with van der Waals surface area (Å²) in [5.41, 5.74) is 1.05. The van der Waals surface area contributed by atoms with E-state index in [1.807, 2.05) is 6.07 Å². The van der Waals surface area contributed by atoms with E-state index in [1.54, 1.807) is 12.1 Å². The predicted molar refractivity (Wildman–Crippen MR) is 74.9 cm³/mol. The van der Waals surface area contributed by atoms with E-state index >= 15 is 0 Å². The van der Waals surface area contributed by atoms with Crippen molar-refractivity contribution in [3.8, 4) is 12.3 Å². The maximum absolute atomic E-state index is 13.1. The fourth-order valence-corrected chi connectivity index (χ4v) is 2.02. The quantitative estimate of drug-likeness (QED) is 0.547. The van der Waals surface area contributed by atoms with Crippen molar-refractivity contribution < 1.29 is 4.39 Å². The van der Waals surface area contributed by atoms with E-state index in [4.69, 9.17) is 6.42 Å². The number of halogens is 1. The molecule has 98 valence electrons. The van der Waals surface area contributed by atoms with E-state index in [0.717, 1.165) is 44.2 Å². The summed E-state index contributed by atoms with van der Waals surface area (Å²) in [5.74, 6) is 2.50. The summed E-state index contributed by atoms with van der Waals surface area (Å²) in [6, 6.07) is 7.23. The Morgan fingerprint density at radius 2 is 2.28 bits per heavy atom. The number of nitrogens with one attached hydrogen (secondary N) is 1. The molecule has 0 aromatic heterocycles. The van der Waals surface area contributed by atoms with Gasteiger partial charge in [0.25, 0.3) is 0 Å². The van der Waals surface area contributed by atoms with Crippen molar-refractivity contribution in [2.24, 2.45) is 0 Å². The lowest BCUT2D eigenvalue weighted by Crippen LogP contribution is -2.31. The van der Waals surface area contributed by atoms with E-state index < -0.39 is 0 Å². The molecule has 0 saturated heterocycles. The molecule has 0 aliphatic rings. The van der Waals surface area contributed by atoms with E-state index in [1.165, 1.54) is 6.07 Å². The Hall–Kier alpha value is -1.33. The molecule has 0 aliphatic heterocycles. The van der Waals surface area contributed by atoms with Gasteiger partial charge in [0.2, 0.25) is 0 Å². The zero-order valence-electron chi connectivity index (χ0n) is 11.1. The summed E-state index contributed by atoms with van der Waals surface area (Å²) in [6.07, 6.45) is 10.1. The van der Waals surface area contributed by atoms with Gasteiger partial charge in [0, 0.05) is 12.5 Å². The molecule has 1 N–H and O–H groups in total. The molecule has 0 aliphatic carbocycles. The van der Waals surface area contributed by atoms with E-state index in [9.17, 15) is 4.39 Å². The number of unbranched alkanes of at least 4 members (excludes halogenated alkanes) is 1. The molecule has 0 heterocycles. The van der Waals surface area contributed by atoms with Crippen LogP contribution < -0.4 is 5.32 Å². The minimum Gasteiger partial charge on any atom is -0.314 e. The van der Waals surface area contributed by atoms with Gasteiger partial charge in [-0.3, -0.25) is 0 Å². The molecule has 0 bridgehead atoms. The number of terminal acetylenes is 1. The van der Waals surface area contributed by atoms with Gasteiger partial charge in [-0.1, -0.05) is 19.1 Å². The number of benzene rings is 1. The predicted octanol–water partition coefficient (Wildman–Crippen LogP) is 3.54. The van der Waals surface area contributed by atoms with Gasteiger partial charge >= 0.3 is 0 Å². The molecule has 1 atom stereocenters. The van der Waals surface area contributed by atoms with Crippen molar-refractivity contribution in [2.45, 2.75) is 45.1 Å². The Kier molecular flexibility index (Phi) is 7.13. The summed E-state index contributed by atoms with van der Waals surface area (Å²) in [4.78, 5) is 0. The van der Waals surface area contributed by atoms with Gasteiger partial charge in [-0.25, -0.2) is 4.39 Å². The minimum atomic E-state index is -0.162. The summed E-state index contributed by atoms with van der Waals surface area (Å²) < 4.78 is 13.1. The summed E-state index contributed by atoms with van der Waals surface area (Å²) >= 11 is 0. The highest BCUT2D eigenvalue weighted by atomic mass is 19.1. The lowest BCUT2D eigenvalue weighted by atomic mass is 10.0.